The quantitative estimate of drug-likeness (QED) is 0.804. The minimum absolute atomic E-state index is 0.0321. The van der Waals surface area contributed by atoms with E-state index in [4.69, 9.17) is 9.84 Å². The molecule has 0 heterocycles. The maximum absolute atomic E-state index is 13.1. The fourth-order valence-electron chi connectivity index (χ4n) is 1.69. The molecule has 106 valence electrons. The van der Waals surface area contributed by atoms with Crippen LogP contribution in [0, 0.1) is 11.6 Å². The van der Waals surface area contributed by atoms with Gasteiger partial charge < -0.3 is 9.84 Å². The van der Waals surface area contributed by atoms with Crippen LogP contribution in [0.25, 0.3) is 0 Å². The lowest BCUT2D eigenvalue weighted by atomic mass is 10.2. The van der Waals surface area contributed by atoms with E-state index in [0.29, 0.717) is 25.8 Å². The van der Waals surface area contributed by atoms with Gasteiger partial charge in [-0.05, 0) is 67.3 Å². The summed E-state index contributed by atoms with van der Waals surface area (Å²) < 4.78 is 33.0. The van der Waals surface area contributed by atoms with Crippen LogP contribution >= 0.6 is 31.9 Å². The van der Waals surface area contributed by atoms with Crippen molar-refractivity contribution in [2.24, 2.45) is 0 Å². The highest BCUT2D eigenvalue weighted by Gasteiger charge is 2.10. The van der Waals surface area contributed by atoms with E-state index in [1.807, 2.05) is 0 Å². The number of hydrogen-bond donors (Lipinski definition) is 1. The number of halogens is 4. The summed E-state index contributed by atoms with van der Waals surface area (Å²) in [5.41, 5.74) is 1.11. The van der Waals surface area contributed by atoms with Gasteiger partial charge in [0.1, 0.15) is 24.0 Å². The third-order valence-electron chi connectivity index (χ3n) is 2.55. The lowest BCUT2D eigenvalue weighted by molar-refractivity contribution is 0.280. The minimum atomic E-state index is -0.641. The molecule has 0 spiro atoms. The van der Waals surface area contributed by atoms with E-state index in [9.17, 15) is 8.78 Å². The van der Waals surface area contributed by atoms with Crippen LogP contribution in [-0.2, 0) is 13.2 Å². The molecule has 0 saturated heterocycles. The Morgan fingerprint density at radius 2 is 1.45 bits per heavy atom. The van der Waals surface area contributed by atoms with Crippen molar-refractivity contribution in [3.63, 3.8) is 0 Å². The van der Waals surface area contributed by atoms with E-state index in [0.717, 1.165) is 6.07 Å². The summed E-state index contributed by atoms with van der Waals surface area (Å²) in [6, 6.07) is 6.67. The van der Waals surface area contributed by atoms with E-state index in [1.54, 1.807) is 12.1 Å². The van der Waals surface area contributed by atoms with Crippen LogP contribution < -0.4 is 4.74 Å². The predicted octanol–water partition coefficient (Wildman–Crippen LogP) is 4.56. The molecule has 0 radical (unpaired) electrons. The fourth-order valence-corrected chi connectivity index (χ4v) is 3.20. The number of aliphatic hydroxyl groups excluding tert-OH is 1. The van der Waals surface area contributed by atoms with Crippen LogP contribution in [-0.4, -0.2) is 5.11 Å². The fraction of sp³-hybridized carbons (Fsp3) is 0.143. The second-order valence-electron chi connectivity index (χ2n) is 4.11. The molecule has 0 aliphatic carbocycles. The molecule has 0 aliphatic heterocycles. The van der Waals surface area contributed by atoms with Gasteiger partial charge in [-0.25, -0.2) is 8.78 Å². The summed E-state index contributed by atoms with van der Waals surface area (Å²) in [4.78, 5) is 0. The predicted molar refractivity (Wildman–Crippen MR) is 78.5 cm³/mol. The van der Waals surface area contributed by atoms with Crippen LogP contribution in [0.4, 0.5) is 8.78 Å². The van der Waals surface area contributed by atoms with Crippen molar-refractivity contribution in [1.82, 2.24) is 0 Å². The maximum Gasteiger partial charge on any atom is 0.148 e. The molecular weight excluding hydrogens is 398 g/mol. The molecule has 20 heavy (non-hydrogen) atoms. The highest BCUT2D eigenvalue weighted by Crippen LogP contribution is 2.35. The Morgan fingerprint density at radius 3 is 1.95 bits per heavy atom. The normalized spacial score (nSPS) is 10.7. The van der Waals surface area contributed by atoms with Crippen LogP contribution in [0.15, 0.2) is 39.3 Å². The highest BCUT2D eigenvalue weighted by atomic mass is 79.9. The summed E-state index contributed by atoms with van der Waals surface area (Å²) in [6.07, 6.45) is 0. The van der Waals surface area contributed by atoms with Crippen molar-refractivity contribution in [3.8, 4) is 5.75 Å². The smallest absolute Gasteiger partial charge is 0.148 e. The van der Waals surface area contributed by atoms with Crippen molar-refractivity contribution in [3.05, 3.63) is 62.0 Å². The largest absolute Gasteiger partial charge is 0.487 e. The van der Waals surface area contributed by atoms with Crippen molar-refractivity contribution in [2.45, 2.75) is 13.2 Å². The molecule has 0 saturated carbocycles. The van der Waals surface area contributed by atoms with Gasteiger partial charge in [0.05, 0.1) is 15.6 Å². The lowest BCUT2D eigenvalue weighted by Crippen LogP contribution is -1.99. The topological polar surface area (TPSA) is 29.5 Å². The van der Waals surface area contributed by atoms with Gasteiger partial charge >= 0.3 is 0 Å². The van der Waals surface area contributed by atoms with Crippen LogP contribution in [0.2, 0.25) is 0 Å². The molecule has 2 nitrogen and oxygen atoms in total. The number of hydrogen-bond acceptors (Lipinski definition) is 2. The molecular formula is C14H10Br2F2O2. The summed E-state index contributed by atoms with van der Waals surface area (Å²) in [5.74, 6) is -0.776. The standard InChI is InChI=1S/C14H10Br2F2O2/c15-12-3-8(6-19)4-13(16)14(12)20-7-9-1-10(17)5-11(18)2-9/h1-5,19H,6-7H2. The van der Waals surface area contributed by atoms with Gasteiger partial charge in [-0.15, -0.1) is 0 Å². The zero-order chi connectivity index (χ0) is 14.7. The van der Waals surface area contributed by atoms with Crippen molar-refractivity contribution >= 4 is 31.9 Å². The molecule has 0 aromatic heterocycles. The van der Waals surface area contributed by atoms with E-state index in [2.05, 4.69) is 31.9 Å². The first-order valence-electron chi connectivity index (χ1n) is 5.66. The molecule has 2 rings (SSSR count). The molecule has 6 heteroatoms. The Bertz CT molecular complexity index is 589. The minimum Gasteiger partial charge on any atom is -0.487 e. The molecule has 2 aromatic carbocycles. The molecule has 0 fully saturated rings. The zero-order valence-corrected chi connectivity index (χ0v) is 13.3. The maximum atomic E-state index is 13.1. The Morgan fingerprint density at radius 1 is 0.900 bits per heavy atom. The highest BCUT2D eigenvalue weighted by molar-refractivity contribution is 9.11. The summed E-state index contributed by atoms with van der Waals surface area (Å²) in [5, 5.41) is 9.08. The first-order valence-corrected chi connectivity index (χ1v) is 7.24. The van der Waals surface area contributed by atoms with Gasteiger partial charge in [-0.2, -0.15) is 0 Å². The van der Waals surface area contributed by atoms with Gasteiger partial charge in [0.2, 0.25) is 0 Å². The Hall–Kier alpha value is -0.980. The van der Waals surface area contributed by atoms with Gasteiger partial charge in [-0.3, -0.25) is 0 Å². The van der Waals surface area contributed by atoms with Gasteiger partial charge in [0, 0.05) is 6.07 Å². The van der Waals surface area contributed by atoms with Crippen molar-refractivity contribution < 1.29 is 18.6 Å². The first kappa shape index (κ1) is 15.4. The number of ether oxygens (including phenoxy) is 1. The molecule has 0 atom stereocenters. The van der Waals surface area contributed by atoms with Crippen LogP contribution in [0.1, 0.15) is 11.1 Å². The van der Waals surface area contributed by atoms with E-state index in [1.165, 1.54) is 12.1 Å². The zero-order valence-electron chi connectivity index (χ0n) is 10.2. The van der Waals surface area contributed by atoms with E-state index >= 15 is 0 Å². The van der Waals surface area contributed by atoms with Crippen molar-refractivity contribution in [2.75, 3.05) is 0 Å². The molecule has 0 aliphatic rings. The van der Waals surface area contributed by atoms with Crippen molar-refractivity contribution in [1.29, 1.82) is 0 Å². The summed E-state index contributed by atoms with van der Waals surface area (Å²) in [6.45, 7) is -0.0586. The Kier molecular flexibility index (Phi) is 5.12. The SMILES string of the molecule is OCc1cc(Br)c(OCc2cc(F)cc(F)c2)c(Br)c1. The van der Waals surface area contributed by atoms with Crippen LogP contribution in [0.5, 0.6) is 5.75 Å². The Labute approximate surface area is 131 Å². The average molecular weight is 408 g/mol. The summed E-state index contributed by atoms with van der Waals surface area (Å²) >= 11 is 6.65. The second kappa shape index (κ2) is 6.65. The average Bonchev–Trinajstić information content (AvgIpc) is 2.36. The third-order valence-corrected chi connectivity index (χ3v) is 3.72. The lowest BCUT2D eigenvalue weighted by Gasteiger charge is -2.12. The molecule has 1 N–H and O–H groups in total. The van der Waals surface area contributed by atoms with Gasteiger partial charge in [0.25, 0.3) is 0 Å². The first-order chi connectivity index (χ1) is 9.49. The molecule has 0 bridgehead atoms. The van der Waals surface area contributed by atoms with Gasteiger partial charge in [-0.1, -0.05) is 0 Å². The van der Waals surface area contributed by atoms with E-state index in [-0.39, 0.29) is 13.2 Å². The second-order valence-corrected chi connectivity index (χ2v) is 5.82. The monoisotopic (exact) mass is 406 g/mol. The molecule has 2 aromatic rings. The molecule has 0 unspecified atom stereocenters. The van der Waals surface area contributed by atoms with Gasteiger partial charge in [0.15, 0.2) is 0 Å². The summed E-state index contributed by atoms with van der Waals surface area (Å²) in [7, 11) is 0. The number of rotatable bonds is 4. The Balaban J connectivity index is 2.18. The molecule has 0 amide bonds. The number of benzene rings is 2. The van der Waals surface area contributed by atoms with Crippen LogP contribution in [0.3, 0.4) is 0 Å². The van der Waals surface area contributed by atoms with E-state index < -0.39 is 11.6 Å². The number of aliphatic hydroxyl groups is 1. The third kappa shape index (κ3) is 3.77.